The van der Waals surface area contributed by atoms with E-state index in [1.54, 1.807) is 6.07 Å². The fourth-order valence-corrected chi connectivity index (χ4v) is 2.94. The highest BCUT2D eigenvalue weighted by Crippen LogP contribution is 2.23. The fraction of sp³-hybridized carbons (Fsp3) is 0.389. The summed E-state index contributed by atoms with van der Waals surface area (Å²) in [6.07, 6.45) is 1.96. The van der Waals surface area contributed by atoms with Gasteiger partial charge in [0.25, 0.3) is 5.91 Å². The first-order valence-electron chi connectivity index (χ1n) is 7.97. The van der Waals surface area contributed by atoms with Gasteiger partial charge < -0.3 is 19.8 Å². The van der Waals surface area contributed by atoms with Crippen molar-refractivity contribution in [2.75, 3.05) is 13.1 Å². The molecule has 0 saturated carbocycles. The highest BCUT2D eigenvalue weighted by atomic mass is 16.5. The predicted molar refractivity (Wildman–Crippen MR) is 87.3 cm³/mol. The molecule has 1 atom stereocenters. The summed E-state index contributed by atoms with van der Waals surface area (Å²) < 4.78 is 11.4. The third-order valence-electron chi connectivity index (χ3n) is 4.28. The Kier molecular flexibility index (Phi) is 4.67. The molecule has 1 aliphatic heterocycles. The van der Waals surface area contributed by atoms with Crippen LogP contribution in [-0.4, -0.2) is 29.9 Å². The van der Waals surface area contributed by atoms with E-state index in [9.17, 15) is 4.79 Å². The number of aryl methyl sites for hydroxylation is 1. The van der Waals surface area contributed by atoms with Crippen LogP contribution in [0.4, 0.5) is 0 Å². The van der Waals surface area contributed by atoms with Crippen LogP contribution >= 0.6 is 0 Å². The number of carbonyl (C=O) groups is 1. The SMILES string of the molecule is Cc1oc(C(=O)N2CCCC2CN)cc1COc1ccccc1. The summed E-state index contributed by atoms with van der Waals surface area (Å²) >= 11 is 0. The third-order valence-corrected chi connectivity index (χ3v) is 4.28. The van der Waals surface area contributed by atoms with E-state index in [2.05, 4.69) is 0 Å². The van der Waals surface area contributed by atoms with Gasteiger partial charge in [-0.3, -0.25) is 4.79 Å². The summed E-state index contributed by atoms with van der Waals surface area (Å²) in [4.78, 5) is 14.4. The van der Waals surface area contributed by atoms with Crippen LogP contribution in [0.2, 0.25) is 0 Å². The van der Waals surface area contributed by atoms with Crippen molar-refractivity contribution >= 4 is 5.91 Å². The monoisotopic (exact) mass is 314 g/mol. The van der Waals surface area contributed by atoms with Gasteiger partial charge in [0.2, 0.25) is 0 Å². The molecule has 2 N–H and O–H groups in total. The summed E-state index contributed by atoms with van der Waals surface area (Å²) in [6.45, 7) is 3.48. The highest BCUT2D eigenvalue weighted by molar-refractivity contribution is 5.92. The van der Waals surface area contributed by atoms with Crippen LogP contribution in [0.5, 0.6) is 5.75 Å². The second-order valence-electron chi connectivity index (χ2n) is 5.82. The van der Waals surface area contributed by atoms with Gasteiger partial charge in [-0.25, -0.2) is 0 Å². The number of nitrogens with two attached hydrogens (primary N) is 1. The quantitative estimate of drug-likeness (QED) is 0.921. The molecule has 1 fully saturated rings. The maximum Gasteiger partial charge on any atom is 0.289 e. The molecule has 23 heavy (non-hydrogen) atoms. The Morgan fingerprint density at radius 1 is 1.39 bits per heavy atom. The van der Waals surface area contributed by atoms with Gasteiger partial charge in [-0.2, -0.15) is 0 Å². The summed E-state index contributed by atoms with van der Waals surface area (Å²) in [5, 5.41) is 0. The van der Waals surface area contributed by atoms with Crippen LogP contribution in [0.15, 0.2) is 40.8 Å². The van der Waals surface area contributed by atoms with Gasteiger partial charge in [0, 0.05) is 24.7 Å². The minimum atomic E-state index is -0.0768. The molecule has 2 aromatic rings. The number of hydrogen-bond acceptors (Lipinski definition) is 4. The summed E-state index contributed by atoms with van der Waals surface area (Å²) in [7, 11) is 0. The number of hydrogen-bond donors (Lipinski definition) is 1. The van der Waals surface area contributed by atoms with Crippen molar-refractivity contribution in [1.82, 2.24) is 4.90 Å². The van der Waals surface area contributed by atoms with E-state index in [0.717, 1.165) is 30.7 Å². The number of likely N-dealkylation sites (tertiary alicyclic amines) is 1. The lowest BCUT2D eigenvalue weighted by Crippen LogP contribution is -2.39. The predicted octanol–water partition coefficient (Wildman–Crippen LogP) is 2.73. The molecule has 5 nitrogen and oxygen atoms in total. The number of nitrogens with zero attached hydrogens (tertiary/aromatic N) is 1. The van der Waals surface area contributed by atoms with Crippen LogP contribution in [0.1, 0.15) is 34.7 Å². The Labute approximate surface area is 136 Å². The molecular formula is C18H22N2O3. The van der Waals surface area contributed by atoms with Crippen LogP contribution < -0.4 is 10.5 Å². The average Bonchev–Trinajstić information content (AvgIpc) is 3.19. The molecule has 1 aromatic carbocycles. The first kappa shape index (κ1) is 15.6. The van der Waals surface area contributed by atoms with Crippen molar-refractivity contribution in [3.05, 3.63) is 53.5 Å². The molecule has 1 saturated heterocycles. The lowest BCUT2D eigenvalue weighted by atomic mass is 10.2. The third kappa shape index (κ3) is 3.40. The zero-order valence-corrected chi connectivity index (χ0v) is 13.3. The fourth-order valence-electron chi connectivity index (χ4n) is 2.94. The smallest absolute Gasteiger partial charge is 0.289 e. The normalized spacial score (nSPS) is 17.5. The lowest BCUT2D eigenvalue weighted by molar-refractivity contribution is 0.0707. The van der Waals surface area contributed by atoms with Gasteiger partial charge in [-0.05, 0) is 38.0 Å². The Bertz CT molecular complexity index is 666. The number of amides is 1. The zero-order chi connectivity index (χ0) is 16.2. The van der Waals surface area contributed by atoms with Crippen LogP contribution in [0, 0.1) is 6.92 Å². The Balaban J connectivity index is 1.69. The zero-order valence-electron chi connectivity index (χ0n) is 13.3. The lowest BCUT2D eigenvalue weighted by Gasteiger charge is -2.22. The Morgan fingerprint density at radius 2 is 2.17 bits per heavy atom. The van der Waals surface area contributed by atoms with E-state index in [4.69, 9.17) is 14.9 Å². The van der Waals surface area contributed by atoms with Gasteiger partial charge >= 0.3 is 0 Å². The second-order valence-corrected chi connectivity index (χ2v) is 5.82. The van der Waals surface area contributed by atoms with E-state index in [1.807, 2.05) is 42.2 Å². The van der Waals surface area contributed by atoms with Crippen molar-refractivity contribution in [2.45, 2.75) is 32.4 Å². The number of benzene rings is 1. The highest BCUT2D eigenvalue weighted by Gasteiger charge is 2.30. The molecule has 122 valence electrons. The topological polar surface area (TPSA) is 68.7 Å². The van der Waals surface area contributed by atoms with E-state index >= 15 is 0 Å². The number of furan rings is 1. The molecule has 3 rings (SSSR count). The Morgan fingerprint density at radius 3 is 2.91 bits per heavy atom. The largest absolute Gasteiger partial charge is 0.489 e. The number of para-hydroxylation sites is 1. The molecule has 5 heteroatoms. The van der Waals surface area contributed by atoms with Crippen molar-refractivity contribution in [2.24, 2.45) is 5.73 Å². The molecule has 1 unspecified atom stereocenters. The number of carbonyl (C=O) groups excluding carboxylic acids is 1. The molecule has 0 spiro atoms. The first-order chi connectivity index (χ1) is 11.2. The van der Waals surface area contributed by atoms with Crippen molar-refractivity contribution < 1.29 is 13.9 Å². The van der Waals surface area contributed by atoms with Crippen molar-refractivity contribution in [3.8, 4) is 5.75 Å². The maximum atomic E-state index is 12.6. The van der Waals surface area contributed by atoms with Gasteiger partial charge in [-0.15, -0.1) is 0 Å². The summed E-state index contributed by atoms with van der Waals surface area (Å²) in [6, 6.07) is 11.5. The average molecular weight is 314 g/mol. The first-order valence-corrected chi connectivity index (χ1v) is 7.97. The molecule has 1 amide bonds. The molecule has 0 aliphatic carbocycles. The van der Waals surface area contributed by atoms with Crippen LogP contribution in [-0.2, 0) is 6.61 Å². The summed E-state index contributed by atoms with van der Waals surface area (Å²) in [5.74, 6) is 1.80. The van der Waals surface area contributed by atoms with E-state index < -0.39 is 0 Å². The van der Waals surface area contributed by atoms with E-state index in [1.165, 1.54) is 0 Å². The van der Waals surface area contributed by atoms with Gasteiger partial charge in [0.05, 0.1) is 0 Å². The molecule has 1 aromatic heterocycles. The van der Waals surface area contributed by atoms with E-state index in [0.29, 0.717) is 24.7 Å². The van der Waals surface area contributed by atoms with Crippen molar-refractivity contribution in [3.63, 3.8) is 0 Å². The molecule has 2 heterocycles. The molecular weight excluding hydrogens is 292 g/mol. The maximum absolute atomic E-state index is 12.6. The minimum absolute atomic E-state index is 0.0768. The number of rotatable bonds is 5. The Hall–Kier alpha value is -2.27. The molecule has 0 bridgehead atoms. The van der Waals surface area contributed by atoms with Crippen LogP contribution in [0.25, 0.3) is 0 Å². The molecule has 0 radical (unpaired) electrons. The standard InChI is InChI=1S/C18H22N2O3/c1-13-14(12-22-16-7-3-2-4-8-16)10-17(23-13)18(21)20-9-5-6-15(20)11-19/h2-4,7-8,10,15H,5-6,9,11-12,19H2,1H3. The van der Waals surface area contributed by atoms with Crippen LogP contribution in [0.3, 0.4) is 0 Å². The van der Waals surface area contributed by atoms with Gasteiger partial charge in [-0.1, -0.05) is 18.2 Å². The van der Waals surface area contributed by atoms with E-state index in [-0.39, 0.29) is 11.9 Å². The minimum Gasteiger partial charge on any atom is -0.489 e. The van der Waals surface area contributed by atoms with Gasteiger partial charge in [0.1, 0.15) is 18.1 Å². The second kappa shape index (κ2) is 6.87. The van der Waals surface area contributed by atoms with Crippen molar-refractivity contribution in [1.29, 1.82) is 0 Å². The summed E-state index contributed by atoms with van der Waals surface area (Å²) in [5.41, 5.74) is 6.63. The number of ether oxygens (including phenoxy) is 1. The molecule has 1 aliphatic rings. The van der Waals surface area contributed by atoms with Gasteiger partial charge in [0.15, 0.2) is 5.76 Å².